The Morgan fingerprint density at radius 3 is 1.28 bits per heavy atom. The summed E-state index contributed by atoms with van der Waals surface area (Å²) in [6, 6.07) is 0. The van der Waals surface area contributed by atoms with Crippen molar-refractivity contribution in [3.8, 4) is 0 Å². The Morgan fingerprint density at radius 1 is 0.440 bits per heavy atom. The van der Waals surface area contributed by atoms with Crippen LogP contribution in [0.2, 0.25) is 0 Å². The zero-order valence-electron chi connectivity index (χ0n) is 47.8. The van der Waals surface area contributed by atoms with E-state index in [0.29, 0.717) is 19.3 Å². The second-order valence-electron chi connectivity index (χ2n) is 21.0. The average molecular weight is 1060 g/mol. The predicted molar refractivity (Wildman–Crippen MR) is 303 cm³/mol. The van der Waals surface area contributed by atoms with E-state index in [0.717, 1.165) is 109 Å². The maximum atomic E-state index is 13.2. The van der Waals surface area contributed by atoms with Crippen molar-refractivity contribution in [2.75, 3.05) is 13.2 Å². The highest BCUT2D eigenvalue weighted by atomic mass is 16.7. The van der Waals surface area contributed by atoms with Crippen LogP contribution in [0.4, 0.5) is 0 Å². The third-order valence-electron chi connectivity index (χ3n) is 13.8. The van der Waals surface area contributed by atoms with Crippen LogP contribution in [-0.2, 0) is 42.9 Å². The molecule has 0 aromatic rings. The fourth-order valence-corrected chi connectivity index (χ4v) is 9.08. The number of aliphatic carboxylic acids is 1. The van der Waals surface area contributed by atoms with Gasteiger partial charge in [0.25, 0.3) is 0 Å². The van der Waals surface area contributed by atoms with Gasteiger partial charge in [-0.3, -0.25) is 14.4 Å². The van der Waals surface area contributed by atoms with Crippen molar-refractivity contribution in [3.63, 3.8) is 0 Å². The minimum absolute atomic E-state index is 0.0497. The number of esters is 3. The van der Waals surface area contributed by atoms with Crippen LogP contribution in [-0.4, -0.2) is 89.2 Å². The molecule has 0 amide bonds. The van der Waals surface area contributed by atoms with E-state index in [2.05, 4.69) is 69.4 Å². The van der Waals surface area contributed by atoms with E-state index in [4.69, 9.17) is 23.7 Å². The van der Waals surface area contributed by atoms with Gasteiger partial charge in [-0.15, -0.1) is 0 Å². The molecule has 0 aliphatic carbocycles. The molecule has 6 unspecified atom stereocenters. The molecule has 1 aliphatic rings. The molecule has 0 aromatic heterocycles. The van der Waals surface area contributed by atoms with Crippen molar-refractivity contribution < 1.29 is 58.2 Å². The molecule has 0 saturated carbocycles. The monoisotopic (exact) mass is 1060 g/mol. The van der Waals surface area contributed by atoms with E-state index < -0.39 is 67.3 Å². The van der Waals surface area contributed by atoms with Crippen molar-refractivity contribution in [1.29, 1.82) is 0 Å². The molecule has 12 nitrogen and oxygen atoms in total. The third-order valence-corrected chi connectivity index (χ3v) is 13.8. The topological polar surface area (TPSA) is 175 Å². The summed E-state index contributed by atoms with van der Waals surface area (Å²) in [7, 11) is 0. The summed E-state index contributed by atoms with van der Waals surface area (Å²) in [6.07, 6.45) is 49.4. The van der Waals surface area contributed by atoms with Crippen molar-refractivity contribution in [2.24, 2.45) is 0 Å². The molecule has 0 aromatic carbocycles. The maximum absolute atomic E-state index is 13.2. The first kappa shape index (κ1) is 69.7. The van der Waals surface area contributed by atoms with E-state index in [1.54, 1.807) is 0 Å². The van der Waals surface area contributed by atoms with Crippen LogP contribution in [0.3, 0.4) is 0 Å². The highest BCUT2D eigenvalue weighted by Crippen LogP contribution is 2.26. The second-order valence-corrected chi connectivity index (χ2v) is 21.0. The minimum atomic E-state index is -1.91. The number of carboxylic acids is 1. The van der Waals surface area contributed by atoms with E-state index in [1.807, 2.05) is 0 Å². The van der Waals surface area contributed by atoms with Crippen molar-refractivity contribution >= 4 is 23.9 Å². The molecule has 434 valence electrons. The number of hydrogen-bond donors (Lipinski definition) is 3. The van der Waals surface area contributed by atoms with E-state index in [-0.39, 0.29) is 25.9 Å². The SMILES string of the molecule is CCCC/C=C\CCCCCCCC(=O)OC1C(OCC(COC(=O)CCCCCCCCCCC/C=C\C/C=C\CCCCC)OC(=O)CCCCCCC/C=C\CCCCCCCC)OC(C(=O)O)C(O)C1O. The van der Waals surface area contributed by atoms with Gasteiger partial charge in [0.2, 0.25) is 0 Å². The van der Waals surface area contributed by atoms with Gasteiger partial charge < -0.3 is 39.0 Å². The lowest BCUT2D eigenvalue weighted by atomic mass is 9.98. The van der Waals surface area contributed by atoms with Crippen LogP contribution in [0.1, 0.15) is 278 Å². The number of allylic oxidation sites excluding steroid dienone is 8. The molecule has 1 fully saturated rings. The summed E-state index contributed by atoms with van der Waals surface area (Å²) < 4.78 is 28.4. The van der Waals surface area contributed by atoms with Gasteiger partial charge in [-0.1, -0.05) is 211 Å². The number of rotatable bonds is 52. The zero-order valence-corrected chi connectivity index (χ0v) is 47.8. The second kappa shape index (κ2) is 51.4. The molecule has 75 heavy (non-hydrogen) atoms. The zero-order chi connectivity index (χ0) is 54.7. The largest absolute Gasteiger partial charge is 0.479 e. The first-order chi connectivity index (χ1) is 36.6. The Bertz CT molecular complexity index is 1490. The fourth-order valence-electron chi connectivity index (χ4n) is 9.08. The summed E-state index contributed by atoms with van der Waals surface area (Å²) in [5.41, 5.74) is 0. The number of ether oxygens (including phenoxy) is 5. The molecule has 1 aliphatic heterocycles. The normalized spacial score (nSPS) is 18.4. The molecule has 0 radical (unpaired) electrons. The number of carbonyl (C=O) groups excluding carboxylic acids is 3. The lowest BCUT2D eigenvalue weighted by Crippen LogP contribution is -2.61. The van der Waals surface area contributed by atoms with Gasteiger partial charge in [-0.2, -0.15) is 0 Å². The van der Waals surface area contributed by atoms with Gasteiger partial charge >= 0.3 is 23.9 Å². The molecule has 1 saturated heterocycles. The molecule has 1 rings (SSSR count). The minimum Gasteiger partial charge on any atom is -0.479 e. The maximum Gasteiger partial charge on any atom is 0.335 e. The lowest BCUT2D eigenvalue weighted by Gasteiger charge is -2.40. The molecule has 3 N–H and O–H groups in total. The first-order valence-electron chi connectivity index (χ1n) is 30.6. The molecular weight excluding hydrogens is 949 g/mol. The van der Waals surface area contributed by atoms with Crippen LogP contribution in [0.15, 0.2) is 48.6 Å². The van der Waals surface area contributed by atoms with Gasteiger partial charge in [-0.05, 0) is 96.3 Å². The number of aliphatic hydroxyl groups is 2. The van der Waals surface area contributed by atoms with Gasteiger partial charge in [-0.25, -0.2) is 4.79 Å². The summed E-state index contributed by atoms with van der Waals surface area (Å²) in [6.45, 7) is 5.92. The fraction of sp³-hybridized carbons (Fsp3) is 0.810. The van der Waals surface area contributed by atoms with Crippen LogP contribution in [0.5, 0.6) is 0 Å². The summed E-state index contributed by atoms with van der Waals surface area (Å²) in [4.78, 5) is 51.1. The van der Waals surface area contributed by atoms with E-state index in [1.165, 1.54) is 109 Å². The Labute approximate surface area is 456 Å². The summed E-state index contributed by atoms with van der Waals surface area (Å²) in [5.74, 6) is -3.13. The van der Waals surface area contributed by atoms with Crippen molar-refractivity contribution in [1.82, 2.24) is 0 Å². The molecule has 6 atom stereocenters. The smallest absolute Gasteiger partial charge is 0.335 e. The van der Waals surface area contributed by atoms with Gasteiger partial charge in [0.1, 0.15) is 18.8 Å². The van der Waals surface area contributed by atoms with E-state index in [9.17, 15) is 34.5 Å². The van der Waals surface area contributed by atoms with E-state index >= 15 is 0 Å². The highest BCUT2D eigenvalue weighted by Gasteiger charge is 2.50. The predicted octanol–water partition coefficient (Wildman–Crippen LogP) is 15.8. The number of carboxylic acid groups (broad SMARTS) is 1. The van der Waals surface area contributed by atoms with Gasteiger partial charge in [0.15, 0.2) is 24.6 Å². The Balaban J connectivity index is 2.66. The van der Waals surface area contributed by atoms with Crippen LogP contribution in [0.25, 0.3) is 0 Å². The standard InChI is InChI=1S/C63H110O12/c1-4-7-10-13-16-19-22-24-26-27-28-29-31-32-35-37-40-43-46-49-55(64)71-52-54(73-56(65)50-47-44-41-39-36-33-30-25-23-20-17-14-11-8-5-2)53-72-63-61(59(68)58(67)60(75-63)62(69)70)74-57(66)51-48-45-42-38-34-21-18-15-12-9-6-3/h15-16,18-19,24-26,30,54,58-61,63,67-68H,4-14,17,20-23,27-29,31-53H2,1-3H3,(H,69,70)/b18-15-,19-16-,26-24-,30-25-. The molecule has 12 heteroatoms. The Kier molecular flexibility index (Phi) is 47.8. The Morgan fingerprint density at radius 2 is 0.813 bits per heavy atom. The average Bonchev–Trinajstić information content (AvgIpc) is 3.39. The summed E-state index contributed by atoms with van der Waals surface area (Å²) in [5, 5.41) is 31.4. The number of carbonyl (C=O) groups is 4. The van der Waals surface area contributed by atoms with Crippen LogP contribution < -0.4 is 0 Å². The van der Waals surface area contributed by atoms with Gasteiger partial charge in [0, 0.05) is 19.3 Å². The molecule has 0 bridgehead atoms. The van der Waals surface area contributed by atoms with Crippen molar-refractivity contribution in [2.45, 2.75) is 314 Å². The quantitative estimate of drug-likeness (QED) is 0.0228. The first-order valence-corrected chi connectivity index (χ1v) is 30.6. The van der Waals surface area contributed by atoms with Crippen LogP contribution >= 0.6 is 0 Å². The third kappa shape index (κ3) is 41.5. The number of unbranched alkanes of at least 4 members (excludes halogenated alkanes) is 30. The van der Waals surface area contributed by atoms with Crippen molar-refractivity contribution in [3.05, 3.63) is 48.6 Å². The van der Waals surface area contributed by atoms with Gasteiger partial charge in [0.05, 0.1) is 6.61 Å². The number of hydrogen-bond acceptors (Lipinski definition) is 11. The number of aliphatic hydroxyl groups excluding tert-OH is 2. The molecule has 1 heterocycles. The lowest BCUT2D eigenvalue weighted by molar-refractivity contribution is -0.301. The molecule has 0 spiro atoms. The molecular formula is C63H110O12. The van der Waals surface area contributed by atoms with Crippen LogP contribution in [0, 0.1) is 0 Å². The highest BCUT2D eigenvalue weighted by molar-refractivity contribution is 5.74. The Hall–Kier alpha value is -3.32. The summed E-state index contributed by atoms with van der Waals surface area (Å²) >= 11 is 0.